The predicted molar refractivity (Wildman–Crippen MR) is 208 cm³/mol. The Morgan fingerprint density at radius 2 is 1.10 bits per heavy atom. The second kappa shape index (κ2) is 35.0. The van der Waals surface area contributed by atoms with Gasteiger partial charge in [0.2, 0.25) is 0 Å². The topological polar surface area (TPSA) is 94.1 Å². The predicted octanol–water partition coefficient (Wildman–Crippen LogP) is 11.0. The second-order valence-electron chi connectivity index (χ2n) is 15.0. The van der Waals surface area contributed by atoms with Gasteiger partial charge in [-0.3, -0.25) is 9.36 Å². The molecule has 50 heavy (non-hydrogen) atoms. The number of quaternary nitrogens is 1. The van der Waals surface area contributed by atoms with Crippen LogP contribution >= 0.6 is 7.82 Å². The molecule has 0 aromatic carbocycles. The summed E-state index contributed by atoms with van der Waals surface area (Å²) >= 11 is 0. The van der Waals surface area contributed by atoms with Gasteiger partial charge < -0.3 is 27.9 Å². The van der Waals surface area contributed by atoms with Crippen LogP contribution in [0.1, 0.15) is 174 Å². The van der Waals surface area contributed by atoms with Gasteiger partial charge in [-0.05, 0) is 44.9 Å². The molecule has 0 spiro atoms. The first-order valence-electron chi connectivity index (χ1n) is 20.6. The molecule has 0 fully saturated rings. The quantitative estimate of drug-likeness (QED) is 0.0205. The summed E-state index contributed by atoms with van der Waals surface area (Å²) in [4.78, 5) is 25.0. The van der Waals surface area contributed by atoms with Crippen LogP contribution in [-0.2, 0) is 27.9 Å². The van der Waals surface area contributed by atoms with Crippen LogP contribution in [0, 0.1) is 0 Å². The van der Waals surface area contributed by atoms with Gasteiger partial charge in [-0.2, -0.15) is 0 Å². The Bertz CT molecular complexity index is 858. The summed E-state index contributed by atoms with van der Waals surface area (Å²) in [6, 6.07) is 0. The summed E-state index contributed by atoms with van der Waals surface area (Å²) in [7, 11) is 1.35. The van der Waals surface area contributed by atoms with Gasteiger partial charge in [-0.1, -0.05) is 147 Å². The molecule has 9 heteroatoms. The maximum Gasteiger partial charge on any atom is 0.306 e. The van der Waals surface area contributed by atoms with Gasteiger partial charge in [0.05, 0.1) is 34.4 Å². The van der Waals surface area contributed by atoms with Crippen molar-refractivity contribution in [3.05, 3.63) is 24.3 Å². The molecule has 8 nitrogen and oxygen atoms in total. The molecule has 0 aliphatic carbocycles. The largest absolute Gasteiger partial charge is 0.756 e. The fraction of sp³-hybridized carbons (Fsp3) is 0.878. The van der Waals surface area contributed by atoms with Crippen LogP contribution in [0.2, 0.25) is 0 Å². The van der Waals surface area contributed by atoms with E-state index in [1.165, 1.54) is 109 Å². The van der Waals surface area contributed by atoms with Gasteiger partial charge in [0.25, 0.3) is 7.82 Å². The van der Waals surface area contributed by atoms with Crippen molar-refractivity contribution in [1.82, 2.24) is 0 Å². The van der Waals surface area contributed by atoms with E-state index in [0.29, 0.717) is 24.1 Å². The van der Waals surface area contributed by atoms with Crippen molar-refractivity contribution in [2.75, 3.05) is 54.1 Å². The summed E-state index contributed by atoms with van der Waals surface area (Å²) in [6.07, 6.45) is 37.5. The molecule has 0 aromatic rings. The highest BCUT2D eigenvalue weighted by Crippen LogP contribution is 2.38. The van der Waals surface area contributed by atoms with Gasteiger partial charge >= 0.3 is 5.97 Å². The summed E-state index contributed by atoms with van der Waals surface area (Å²) in [5, 5.41) is 0. The number of esters is 1. The van der Waals surface area contributed by atoms with Crippen LogP contribution in [0.25, 0.3) is 0 Å². The van der Waals surface area contributed by atoms with Crippen LogP contribution in [0.4, 0.5) is 0 Å². The lowest BCUT2D eigenvalue weighted by Gasteiger charge is -2.28. The third kappa shape index (κ3) is 38.2. The summed E-state index contributed by atoms with van der Waals surface area (Å²) in [5.41, 5.74) is 0. The molecule has 0 radical (unpaired) electrons. The van der Waals surface area contributed by atoms with E-state index in [1.807, 2.05) is 21.1 Å². The second-order valence-corrected chi connectivity index (χ2v) is 16.4. The van der Waals surface area contributed by atoms with Crippen LogP contribution in [0.15, 0.2) is 24.3 Å². The van der Waals surface area contributed by atoms with E-state index in [4.69, 9.17) is 18.5 Å². The Balaban J connectivity index is 4.25. The van der Waals surface area contributed by atoms with E-state index < -0.39 is 13.9 Å². The van der Waals surface area contributed by atoms with Gasteiger partial charge in [0.1, 0.15) is 19.3 Å². The third-order valence-corrected chi connectivity index (χ3v) is 9.72. The van der Waals surface area contributed by atoms with Gasteiger partial charge in [-0.15, -0.1) is 0 Å². The zero-order chi connectivity index (χ0) is 37.0. The number of phosphoric acid groups is 1. The Kier molecular flexibility index (Phi) is 34.3. The molecule has 0 heterocycles. The smallest absolute Gasteiger partial charge is 0.306 e. The highest BCUT2D eigenvalue weighted by atomic mass is 31.2. The average Bonchev–Trinajstić information content (AvgIpc) is 3.06. The monoisotopic (exact) mass is 730 g/mol. The summed E-state index contributed by atoms with van der Waals surface area (Å²) in [6.45, 7) is 5.38. The van der Waals surface area contributed by atoms with Gasteiger partial charge in [0.15, 0.2) is 0 Å². The molecule has 0 aromatic heterocycles. The molecule has 296 valence electrons. The molecule has 0 amide bonds. The number of allylic oxidation sites excluding steroid dienone is 4. The van der Waals surface area contributed by atoms with Crippen molar-refractivity contribution >= 4 is 13.8 Å². The van der Waals surface area contributed by atoms with Crippen molar-refractivity contribution in [3.8, 4) is 0 Å². The normalized spacial score (nSPS) is 14.1. The molecular weight excluding hydrogens is 649 g/mol. The lowest BCUT2D eigenvalue weighted by atomic mass is 10.1. The fourth-order valence-electron chi connectivity index (χ4n) is 5.52. The van der Waals surface area contributed by atoms with E-state index in [0.717, 1.165) is 44.9 Å². The molecule has 0 aliphatic heterocycles. The molecule has 0 rings (SSSR count). The number of hydrogen-bond donors (Lipinski definition) is 0. The number of hydrogen-bond acceptors (Lipinski definition) is 7. The summed E-state index contributed by atoms with van der Waals surface area (Å²) in [5.74, 6) is -0.342. The Morgan fingerprint density at radius 1 is 0.620 bits per heavy atom. The fourth-order valence-corrected chi connectivity index (χ4v) is 6.25. The van der Waals surface area contributed by atoms with Crippen molar-refractivity contribution in [1.29, 1.82) is 0 Å². The minimum Gasteiger partial charge on any atom is -0.756 e. The summed E-state index contributed by atoms with van der Waals surface area (Å²) < 4.78 is 34.5. The first-order chi connectivity index (χ1) is 24.1. The Hall–Kier alpha value is -1.02. The van der Waals surface area contributed by atoms with Crippen molar-refractivity contribution < 1.29 is 37.3 Å². The van der Waals surface area contributed by atoms with Gasteiger partial charge in [-0.25, -0.2) is 0 Å². The van der Waals surface area contributed by atoms with E-state index in [1.54, 1.807) is 0 Å². The Labute approximate surface area is 309 Å². The van der Waals surface area contributed by atoms with E-state index in [2.05, 4.69) is 38.2 Å². The van der Waals surface area contributed by atoms with Gasteiger partial charge in [0, 0.05) is 13.0 Å². The molecule has 0 saturated carbocycles. The SMILES string of the molecule is CCCCC/C=C\C/C=C\CCCCCCCCCC(=O)OC(COCCCCCCCCCCCCC)COP(=O)([O-])OCC[N+](C)(C)C. The molecule has 2 atom stereocenters. The third-order valence-electron chi connectivity index (χ3n) is 8.76. The zero-order valence-corrected chi connectivity index (χ0v) is 34.2. The average molecular weight is 730 g/mol. The first-order valence-corrected chi connectivity index (χ1v) is 22.0. The van der Waals surface area contributed by atoms with Crippen molar-refractivity contribution in [2.45, 2.75) is 180 Å². The van der Waals surface area contributed by atoms with Crippen LogP contribution in [-0.4, -0.2) is 70.7 Å². The highest BCUT2D eigenvalue weighted by molar-refractivity contribution is 7.45. The standard InChI is InChI=1S/C41H80NO7P/c1-6-8-10-12-14-16-18-19-20-21-22-23-24-26-28-30-32-34-41(43)49-40(39-48-50(44,45)47-37-35-42(3,4)5)38-46-36-33-31-29-27-25-17-15-13-11-9-7-2/h14,16,19-20,40H,6-13,15,17-18,21-39H2,1-5H3/b16-14-,20-19-. The molecule has 0 N–H and O–H groups in total. The molecule has 0 aliphatic rings. The van der Waals surface area contributed by atoms with E-state index in [9.17, 15) is 14.3 Å². The van der Waals surface area contributed by atoms with E-state index >= 15 is 0 Å². The van der Waals surface area contributed by atoms with Crippen molar-refractivity contribution in [3.63, 3.8) is 0 Å². The minimum absolute atomic E-state index is 0.0261. The lowest BCUT2D eigenvalue weighted by molar-refractivity contribution is -0.870. The number of phosphoric ester groups is 1. The molecule has 0 saturated heterocycles. The Morgan fingerprint density at radius 3 is 1.66 bits per heavy atom. The lowest BCUT2D eigenvalue weighted by Crippen LogP contribution is -2.37. The molecule has 2 unspecified atom stereocenters. The number of carbonyl (C=O) groups excluding carboxylic acids is 1. The molecule has 0 bridgehead atoms. The number of unbranched alkanes of at least 4 members (excludes halogenated alkanes) is 20. The highest BCUT2D eigenvalue weighted by Gasteiger charge is 2.20. The number of likely N-dealkylation sites (N-methyl/N-ethyl adjacent to an activating group) is 1. The number of ether oxygens (including phenoxy) is 2. The van der Waals surface area contributed by atoms with Crippen LogP contribution in [0.3, 0.4) is 0 Å². The minimum atomic E-state index is -4.52. The number of rotatable bonds is 38. The first kappa shape index (κ1) is 49.0. The van der Waals surface area contributed by atoms with Crippen molar-refractivity contribution in [2.24, 2.45) is 0 Å². The van der Waals surface area contributed by atoms with Crippen LogP contribution < -0.4 is 4.89 Å². The van der Waals surface area contributed by atoms with Crippen LogP contribution in [0.5, 0.6) is 0 Å². The number of nitrogens with zero attached hydrogens (tertiary/aromatic N) is 1. The maximum absolute atomic E-state index is 12.6. The zero-order valence-electron chi connectivity index (χ0n) is 33.4. The maximum atomic E-state index is 12.6. The van der Waals surface area contributed by atoms with E-state index in [-0.39, 0.29) is 25.8 Å². The molecular formula is C41H80NO7P. The number of carbonyl (C=O) groups is 1.